The Morgan fingerprint density at radius 2 is 2.21 bits per heavy atom. The summed E-state index contributed by atoms with van der Waals surface area (Å²) in [5.74, 6) is 0. The zero-order chi connectivity index (χ0) is 13.2. The van der Waals surface area contributed by atoms with E-state index in [4.69, 9.17) is 5.73 Å². The highest BCUT2D eigenvalue weighted by atomic mass is 79.9. The van der Waals surface area contributed by atoms with Crippen LogP contribution < -0.4 is 5.73 Å². The van der Waals surface area contributed by atoms with Crippen molar-refractivity contribution in [1.82, 2.24) is 14.5 Å². The molecule has 4 nitrogen and oxygen atoms in total. The second-order valence-corrected chi connectivity index (χ2v) is 5.29. The van der Waals surface area contributed by atoms with E-state index in [1.54, 1.807) is 12.4 Å². The molecule has 2 N–H and O–H groups in total. The second kappa shape index (κ2) is 5.11. The Bertz CT molecular complexity index is 720. The fourth-order valence-corrected chi connectivity index (χ4v) is 2.63. The lowest BCUT2D eigenvalue weighted by Crippen LogP contribution is -2.00. The van der Waals surface area contributed by atoms with Gasteiger partial charge >= 0.3 is 0 Å². The first-order chi connectivity index (χ1) is 9.28. The van der Waals surface area contributed by atoms with Crippen LogP contribution in [0, 0.1) is 0 Å². The van der Waals surface area contributed by atoms with Gasteiger partial charge in [0.15, 0.2) is 0 Å². The minimum atomic E-state index is 0.520. The van der Waals surface area contributed by atoms with Gasteiger partial charge < -0.3 is 10.3 Å². The first-order valence-corrected chi connectivity index (χ1v) is 6.79. The van der Waals surface area contributed by atoms with Gasteiger partial charge in [0.25, 0.3) is 0 Å². The van der Waals surface area contributed by atoms with Crippen molar-refractivity contribution in [3.05, 3.63) is 58.6 Å². The van der Waals surface area contributed by atoms with E-state index in [-0.39, 0.29) is 0 Å². The van der Waals surface area contributed by atoms with E-state index >= 15 is 0 Å². The molecule has 0 fully saturated rings. The monoisotopic (exact) mass is 316 g/mol. The molecule has 0 aliphatic rings. The third kappa shape index (κ3) is 2.39. The average Bonchev–Trinajstić information content (AvgIpc) is 2.77. The molecular weight excluding hydrogens is 304 g/mol. The summed E-state index contributed by atoms with van der Waals surface area (Å²) in [5.41, 5.74) is 8.99. The molecular formula is C14H13BrN4. The Morgan fingerprint density at radius 3 is 3.00 bits per heavy atom. The van der Waals surface area contributed by atoms with Crippen LogP contribution in [0.2, 0.25) is 0 Å². The van der Waals surface area contributed by atoms with Crippen molar-refractivity contribution in [2.45, 2.75) is 13.1 Å². The van der Waals surface area contributed by atoms with E-state index in [1.807, 2.05) is 12.3 Å². The lowest BCUT2D eigenvalue weighted by atomic mass is 10.2. The molecule has 96 valence electrons. The van der Waals surface area contributed by atoms with Crippen molar-refractivity contribution >= 4 is 27.0 Å². The molecule has 5 heteroatoms. The molecule has 3 aromatic rings. The predicted octanol–water partition coefficient (Wildman–Crippen LogP) is 2.70. The van der Waals surface area contributed by atoms with Gasteiger partial charge in [0, 0.05) is 41.2 Å². The zero-order valence-electron chi connectivity index (χ0n) is 10.3. The molecule has 0 spiro atoms. The summed E-state index contributed by atoms with van der Waals surface area (Å²) < 4.78 is 3.09. The van der Waals surface area contributed by atoms with Crippen LogP contribution in [0.5, 0.6) is 0 Å². The van der Waals surface area contributed by atoms with E-state index in [1.165, 1.54) is 0 Å². The van der Waals surface area contributed by atoms with Gasteiger partial charge in [-0.1, -0.05) is 0 Å². The van der Waals surface area contributed by atoms with Gasteiger partial charge in [0.1, 0.15) is 5.65 Å². The number of halogens is 1. The number of hydrogen-bond acceptors (Lipinski definition) is 3. The van der Waals surface area contributed by atoms with Gasteiger partial charge in [-0.15, -0.1) is 0 Å². The molecule has 0 aromatic carbocycles. The number of fused-ring (bicyclic) bond motifs is 1. The maximum absolute atomic E-state index is 5.79. The van der Waals surface area contributed by atoms with Gasteiger partial charge in [-0.05, 0) is 45.3 Å². The summed E-state index contributed by atoms with van der Waals surface area (Å²) in [7, 11) is 0. The minimum Gasteiger partial charge on any atom is -0.328 e. The maximum atomic E-state index is 5.79. The highest BCUT2D eigenvalue weighted by Crippen LogP contribution is 2.20. The minimum absolute atomic E-state index is 0.520. The Kier molecular flexibility index (Phi) is 3.31. The first kappa shape index (κ1) is 12.3. The summed E-state index contributed by atoms with van der Waals surface area (Å²) >= 11 is 3.44. The number of hydrogen-bond donors (Lipinski definition) is 1. The molecule has 0 atom stereocenters. The van der Waals surface area contributed by atoms with Crippen LogP contribution in [0.25, 0.3) is 11.0 Å². The molecule has 0 amide bonds. The maximum Gasteiger partial charge on any atom is 0.140 e. The number of nitrogens with two attached hydrogens (primary N) is 1. The highest BCUT2D eigenvalue weighted by Gasteiger charge is 2.08. The van der Waals surface area contributed by atoms with Crippen molar-refractivity contribution in [1.29, 1.82) is 0 Å². The van der Waals surface area contributed by atoms with Crippen molar-refractivity contribution in [3.63, 3.8) is 0 Å². The number of rotatable bonds is 3. The van der Waals surface area contributed by atoms with Crippen LogP contribution in [-0.4, -0.2) is 14.5 Å². The van der Waals surface area contributed by atoms with E-state index in [2.05, 4.69) is 48.8 Å². The van der Waals surface area contributed by atoms with Crippen LogP contribution in [0.4, 0.5) is 0 Å². The van der Waals surface area contributed by atoms with Crippen LogP contribution in [0.3, 0.4) is 0 Å². The first-order valence-electron chi connectivity index (χ1n) is 6.00. The Balaban J connectivity index is 2.06. The predicted molar refractivity (Wildman–Crippen MR) is 78.7 cm³/mol. The standard InChI is InChI=1S/C14H13BrN4/c15-12-4-10(6-17-7-12)8-19-9-11(5-16)13-2-1-3-18-14(13)19/h1-4,6-7,9H,5,8,16H2. The Hall–Kier alpha value is -1.72. The molecule has 3 aromatic heterocycles. The van der Waals surface area contributed by atoms with Crippen LogP contribution >= 0.6 is 15.9 Å². The fourth-order valence-electron chi connectivity index (χ4n) is 2.22. The van der Waals surface area contributed by atoms with Gasteiger partial charge in [0.2, 0.25) is 0 Å². The largest absolute Gasteiger partial charge is 0.328 e. The average molecular weight is 317 g/mol. The highest BCUT2D eigenvalue weighted by molar-refractivity contribution is 9.10. The summed E-state index contributed by atoms with van der Waals surface area (Å²) in [5, 5.41) is 1.12. The molecule has 0 aliphatic heterocycles. The van der Waals surface area contributed by atoms with Crippen LogP contribution in [-0.2, 0) is 13.1 Å². The van der Waals surface area contributed by atoms with E-state index in [0.29, 0.717) is 6.54 Å². The van der Waals surface area contributed by atoms with Crippen LogP contribution in [0.15, 0.2) is 47.5 Å². The normalized spacial score (nSPS) is 11.1. The van der Waals surface area contributed by atoms with Gasteiger partial charge in [-0.2, -0.15) is 0 Å². The number of nitrogens with zero attached hydrogens (tertiary/aromatic N) is 3. The molecule has 19 heavy (non-hydrogen) atoms. The van der Waals surface area contributed by atoms with E-state index in [9.17, 15) is 0 Å². The van der Waals surface area contributed by atoms with Crippen molar-refractivity contribution in [3.8, 4) is 0 Å². The Morgan fingerprint density at radius 1 is 1.32 bits per heavy atom. The molecule has 0 aliphatic carbocycles. The Labute approximate surface area is 119 Å². The van der Waals surface area contributed by atoms with E-state index < -0.39 is 0 Å². The molecule has 0 unspecified atom stereocenters. The summed E-state index contributed by atoms with van der Waals surface area (Å²) in [6.45, 7) is 1.26. The van der Waals surface area contributed by atoms with Crippen molar-refractivity contribution in [2.75, 3.05) is 0 Å². The molecule has 0 saturated heterocycles. The van der Waals surface area contributed by atoms with Gasteiger partial charge in [0.05, 0.1) is 6.54 Å². The summed E-state index contributed by atoms with van der Waals surface area (Å²) in [4.78, 5) is 8.63. The SMILES string of the molecule is NCc1cn(Cc2cncc(Br)c2)c2ncccc12. The van der Waals surface area contributed by atoms with Gasteiger partial charge in [-0.3, -0.25) is 4.98 Å². The summed E-state index contributed by atoms with van der Waals surface area (Å²) in [6.07, 6.45) is 7.51. The molecule has 3 rings (SSSR count). The second-order valence-electron chi connectivity index (χ2n) is 4.37. The summed E-state index contributed by atoms with van der Waals surface area (Å²) in [6, 6.07) is 6.05. The van der Waals surface area contributed by atoms with Crippen LogP contribution in [0.1, 0.15) is 11.1 Å². The topological polar surface area (TPSA) is 56.7 Å². The third-order valence-electron chi connectivity index (χ3n) is 3.05. The molecule has 0 saturated carbocycles. The van der Waals surface area contributed by atoms with Crippen molar-refractivity contribution in [2.24, 2.45) is 5.73 Å². The smallest absolute Gasteiger partial charge is 0.140 e. The third-order valence-corrected chi connectivity index (χ3v) is 3.48. The van der Waals surface area contributed by atoms with Gasteiger partial charge in [-0.25, -0.2) is 4.98 Å². The lowest BCUT2D eigenvalue weighted by Gasteiger charge is -2.04. The molecule has 0 bridgehead atoms. The number of pyridine rings is 2. The number of aromatic nitrogens is 3. The zero-order valence-corrected chi connectivity index (χ0v) is 11.8. The lowest BCUT2D eigenvalue weighted by molar-refractivity contribution is 0.813. The quantitative estimate of drug-likeness (QED) is 0.808. The molecule has 0 radical (unpaired) electrons. The fraction of sp³-hybridized carbons (Fsp3) is 0.143. The molecule has 3 heterocycles. The van der Waals surface area contributed by atoms with E-state index in [0.717, 1.165) is 33.2 Å². The van der Waals surface area contributed by atoms with Crippen molar-refractivity contribution < 1.29 is 0 Å².